The molecule has 152 valence electrons. The quantitative estimate of drug-likeness (QED) is 0.392. The maximum atomic E-state index is 13.5. The SMILES string of the molecule is COc1ccccc1/C(O)=C1/C(=O)C(=O)N(Cc2ccco2)C1c1ccc(F)cc1. The zero-order chi connectivity index (χ0) is 21.3. The van der Waals surface area contributed by atoms with Crippen molar-refractivity contribution in [1.29, 1.82) is 0 Å². The Morgan fingerprint density at radius 3 is 2.50 bits per heavy atom. The molecule has 1 amide bonds. The van der Waals surface area contributed by atoms with E-state index in [4.69, 9.17) is 9.15 Å². The van der Waals surface area contributed by atoms with E-state index in [1.54, 1.807) is 36.4 Å². The fraction of sp³-hybridized carbons (Fsp3) is 0.130. The number of likely N-dealkylation sites (tertiary alicyclic amines) is 1. The van der Waals surface area contributed by atoms with E-state index >= 15 is 0 Å². The Kier molecular flexibility index (Phi) is 5.10. The normalized spacial score (nSPS) is 18.1. The summed E-state index contributed by atoms with van der Waals surface area (Å²) in [5, 5.41) is 11.1. The molecular formula is C23H18FNO5. The fourth-order valence-electron chi connectivity index (χ4n) is 3.59. The van der Waals surface area contributed by atoms with Crippen LogP contribution in [0.15, 0.2) is 76.9 Å². The average molecular weight is 407 g/mol. The van der Waals surface area contributed by atoms with Gasteiger partial charge in [0.2, 0.25) is 0 Å². The molecule has 0 aliphatic carbocycles. The van der Waals surface area contributed by atoms with Gasteiger partial charge in [-0.2, -0.15) is 0 Å². The van der Waals surface area contributed by atoms with Crippen LogP contribution in [0.25, 0.3) is 5.76 Å². The van der Waals surface area contributed by atoms with Crippen molar-refractivity contribution in [2.24, 2.45) is 0 Å². The van der Waals surface area contributed by atoms with Crippen molar-refractivity contribution >= 4 is 17.4 Å². The Morgan fingerprint density at radius 1 is 1.10 bits per heavy atom. The minimum Gasteiger partial charge on any atom is -0.507 e. The summed E-state index contributed by atoms with van der Waals surface area (Å²) in [6, 6.07) is 14.5. The van der Waals surface area contributed by atoms with Crippen LogP contribution >= 0.6 is 0 Å². The Hall–Kier alpha value is -3.87. The van der Waals surface area contributed by atoms with Crippen LogP contribution in [0.4, 0.5) is 4.39 Å². The number of carbonyl (C=O) groups is 2. The number of benzene rings is 2. The largest absolute Gasteiger partial charge is 0.507 e. The Labute approximate surface area is 171 Å². The molecule has 1 unspecified atom stereocenters. The number of furan rings is 1. The molecule has 7 heteroatoms. The maximum Gasteiger partial charge on any atom is 0.296 e. The number of methoxy groups -OCH3 is 1. The number of aliphatic hydroxyl groups excluding tert-OH is 1. The number of ether oxygens (including phenoxy) is 1. The first-order valence-electron chi connectivity index (χ1n) is 9.21. The van der Waals surface area contributed by atoms with Crippen LogP contribution in [0.3, 0.4) is 0 Å². The minimum absolute atomic E-state index is 0.0162. The van der Waals surface area contributed by atoms with Gasteiger partial charge in [-0.1, -0.05) is 24.3 Å². The van der Waals surface area contributed by atoms with Gasteiger partial charge in [0.25, 0.3) is 11.7 Å². The lowest BCUT2D eigenvalue weighted by atomic mass is 9.95. The molecule has 1 aliphatic heterocycles. The van der Waals surface area contributed by atoms with Gasteiger partial charge in [-0.3, -0.25) is 9.59 Å². The number of para-hydroxylation sites is 1. The number of ketones is 1. The van der Waals surface area contributed by atoms with Crippen LogP contribution < -0.4 is 4.74 Å². The van der Waals surface area contributed by atoms with E-state index in [1.165, 1.54) is 42.5 Å². The predicted octanol–water partition coefficient (Wildman–Crippen LogP) is 4.05. The second-order valence-electron chi connectivity index (χ2n) is 6.76. The molecule has 1 fully saturated rings. The lowest BCUT2D eigenvalue weighted by Crippen LogP contribution is -2.29. The number of carbonyl (C=O) groups excluding carboxylic acids is 2. The first kappa shape index (κ1) is 19.4. The summed E-state index contributed by atoms with van der Waals surface area (Å²) in [5.41, 5.74) is 0.671. The van der Waals surface area contributed by atoms with Gasteiger partial charge in [-0.25, -0.2) is 4.39 Å². The number of nitrogens with zero attached hydrogens (tertiary/aromatic N) is 1. The number of Topliss-reactive ketones (excluding diaryl/α,β-unsaturated/α-hetero) is 1. The first-order valence-corrected chi connectivity index (χ1v) is 9.21. The van der Waals surface area contributed by atoms with Crippen LogP contribution in [0, 0.1) is 5.82 Å². The van der Waals surface area contributed by atoms with E-state index < -0.39 is 23.5 Å². The van der Waals surface area contributed by atoms with Crippen LogP contribution in [-0.2, 0) is 16.1 Å². The third kappa shape index (κ3) is 3.34. The second kappa shape index (κ2) is 7.87. The molecule has 30 heavy (non-hydrogen) atoms. The van der Waals surface area contributed by atoms with E-state index in [-0.39, 0.29) is 23.4 Å². The zero-order valence-electron chi connectivity index (χ0n) is 16.0. The van der Waals surface area contributed by atoms with E-state index in [9.17, 15) is 19.1 Å². The van der Waals surface area contributed by atoms with E-state index in [1.807, 2.05) is 0 Å². The zero-order valence-corrected chi connectivity index (χ0v) is 16.0. The number of rotatable bonds is 5. The van der Waals surface area contributed by atoms with Crippen molar-refractivity contribution in [3.05, 3.63) is 95.2 Å². The molecule has 4 rings (SSSR count). The van der Waals surface area contributed by atoms with Crippen molar-refractivity contribution in [1.82, 2.24) is 4.90 Å². The number of aliphatic hydroxyl groups is 1. The Morgan fingerprint density at radius 2 is 1.83 bits per heavy atom. The monoisotopic (exact) mass is 407 g/mol. The molecule has 2 aromatic carbocycles. The molecule has 1 N–H and O–H groups in total. The second-order valence-corrected chi connectivity index (χ2v) is 6.76. The van der Waals surface area contributed by atoms with Gasteiger partial charge >= 0.3 is 0 Å². The maximum absolute atomic E-state index is 13.5. The predicted molar refractivity (Wildman–Crippen MR) is 106 cm³/mol. The summed E-state index contributed by atoms with van der Waals surface area (Å²) in [6.45, 7) is 0.0162. The highest BCUT2D eigenvalue weighted by Crippen LogP contribution is 2.41. The topological polar surface area (TPSA) is 80.0 Å². The Balaban J connectivity index is 1.89. The van der Waals surface area contributed by atoms with Gasteiger partial charge in [-0.15, -0.1) is 0 Å². The molecule has 2 heterocycles. The van der Waals surface area contributed by atoms with Crippen LogP contribution in [-0.4, -0.2) is 28.8 Å². The highest BCUT2D eigenvalue weighted by Gasteiger charge is 2.46. The molecule has 0 saturated carbocycles. The molecule has 0 spiro atoms. The number of halogens is 1. The molecule has 1 atom stereocenters. The van der Waals surface area contributed by atoms with Crippen molar-refractivity contribution in [3.63, 3.8) is 0 Å². The number of amides is 1. The van der Waals surface area contributed by atoms with E-state index in [0.29, 0.717) is 17.1 Å². The molecule has 0 radical (unpaired) electrons. The molecule has 6 nitrogen and oxygen atoms in total. The smallest absolute Gasteiger partial charge is 0.296 e. The van der Waals surface area contributed by atoms with Gasteiger partial charge in [0, 0.05) is 0 Å². The third-order valence-electron chi connectivity index (χ3n) is 4.99. The highest BCUT2D eigenvalue weighted by atomic mass is 19.1. The van der Waals surface area contributed by atoms with Gasteiger partial charge < -0.3 is 19.2 Å². The van der Waals surface area contributed by atoms with Crippen molar-refractivity contribution in [3.8, 4) is 5.75 Å². The van der Waals surface area contributed by atoms with Crippen LogP contribution in [0.2, 0.25) is 0 Å². The van der Waals surface area contributed by atoms with Gasteiger partial charge in [0.1, 0.15) is 23.1 Å². The third-order valence-corrected chi connectivity index (χ3v) is 4.99. The summed E-state index contributed by atoms with van der Waals surface area (Å²) < 4.78 is 24.1. The standard InChI is InChI=1S/C23H18FNO5/c1-29-18-7-3-2-6-17(18)21(26)19-20(14-8-10-15(24)11-9-14)25(23(28)22(19)27)13-16-5-4-12-30-16/h2-12,20,26H,13H2,1H3/b21-19-. The number of hydrogen-bond acceptors (Lipinski definition) is 5. The summed E-state index contributed by atoms with van der Waals surface area (Å²) in [5.74, 6) is -1.60. The van der Waals surface area contributed by atoms with Crippen LogP contribution in [0.1, 0.15) is 22.9 Å². The van der Waals surface area contributed by atoms with E-state index in [2.05, 4.69) is 0 Å². The fourth-order valence-corrected chi connectivity index (χ4v) is 3.59. The van der Waals surface area contributed by atoms with Crippen molar-refractivity contribution in [2.45, 2.75) is 12.6 Å². The summed E-state index contributed by atoms with van der Waals surface area (Å²) >= 11 is 0. The average Bonchev–Trinajstić information content (AvgIpc) is 3.36. The molecule has 1 aliphatic rings. The summed E-state index contributed by atoms with van der Waals surface area (Å²) in [7, 11) is 1.44. The molecule has 0 bridgehead atoms. The van der Waals surface area contributed by atoms with E-state index in [0.717, 1.165) is 0 Å². The lowest BCUT2D eigenvalue weighted by Gasteiger charge is -2.24. The minimum atomic E-state index is -0.916. The van der Waals surface area contributed by atoms with Crippen LogP contribution in [0.5, 0.6) is 5.75 Å². The molecule has 1 aromatic heterocycles. The highest BCUT2D eigenvalue weighted by molar-refractivity contribution is 6.46. The lowest BCUT2D eigenvalue weighted by molar-refractivity contribution is -0.140. The first-order chi connectivity index (χ1) is 14.5. The van der Waals surface area contributed by atoms with Gasteiger partial charge in [0.15, 0.2) is 0 Å². The van der Waals surface area contributed by atoms with Crippen molar-refractivity contribution < 1.29 is 28.2 Å². The van der Waals surface area contributed by atoms with Gasteiger partial charge in [-0.05, 0) is 42.0 Å². The molecular weight excluding hydrogens is 389 g/mol. The Bertz CT molecular complexity index is 1120. The summed E-state index contributed by atoms with van der Waals surface area (Å²) in [6.07, 6.45) is 1.47. The number of hydrogen-bond donors (Lipinski definition) is 1. The van der Waals surface area contributed by atoms with Crippen molar-refractivity contribution in [2.75, 3.05) is 7.11 Å². The molecule has 3 aromatic rings. The molecule has 1 saturated heterocycles. The summed E-state index contributed by atoms with van der Waals surface area (Å²) in [4.78, 5) is 27.1. The van der Waals surface area contributed by atoms with Gasteiger partial charge in [0.05, 0.1) is 37.1 Å².